The van der Waals surface area contributed by atoms with Crippen LogP contribution < -0.4 is 4.43 Å². The second-order valence-corrected chi connectivity index (χ2v) is 8.78. The summed E-state index contributed by atoms with van der Waals surface area (Å²) in [6, 6.07) is 4.59. The lowest BCUT2D eigenvalue weighted by atomic mass is 10.1. The van der Waals surface area contributed by atoms with Gasteiger partial charge in [0.15, 0.2) is 6.29 Å². The Bertz CT molecular complexity index is 420. The minimum Gasteiger partial charge on any atom is -0.544 e. The van der Waals surface area contributed by atoms with Crippen molar-refractivity contribution in [2.24, 2.45) is 0 Å². The maximum absolute atomic E-state index is 10.9. The molecule has 0 radical (unpaired) electrons. The van der Waals surface area contributed by atoms with E-state index < -0.39 is 14.3 Å². The second-order valence-electron chi connectivity index (χ2n) is 4.35. The maximum atomic E-state index is 10.9. The predicted octanol–water partition coefficient (Wildman–Crippen LogP) is 2.41. The summed E-state index contributed by atoms with van der Waals surface area (Å²) >= 11 is 0. The number of carboxylic acid groups (broad SMARTS) is 1. The molecule has 0 bridgehead atoms. The molecule has 5 heteroatoms. The molecule has 16 heavy (non-hydrogen) atoms. The van der Waals surface area contributed by atoms with E-state index in [4.69, 9.17) is 9.53 Å². The number of aldehydes is 1. The van der Waals surface area contributed by atoms with Crippen LogP contribution in [0.3, 0.4) is 0 Å². The number of carbonyl (C=O) groups excluding carboxylic acids is 1. The molecule has 1 aromatic carbocycles. The molecule has 1 rings (SSSR count). The van der Waals surface area contributed by atoms with E-state index in [0.29, 0.717) is 12.0 Å². The zero-order valence-corrected chi connectivity index (χ0v) is 10.5. The zero-order chi connectivity index (χ0) is 12.3. The third kappa shape index (κ3) is 2.93. The minimum absolute atomic E-state index is 0.0225. The van der Waals surface area contributed by atoms with Crippen molar-refractivity contribution in [1.29, 1.82) is 0 Å². The van der Waals surface area contributed by atoms with E-state index in [-0.39, 0.29) is 11.1 Å². The summed E-state index contributed by atoms with van der Waals surface area (Å²) in [5.41, 5.74) is 0.0863. The largest absolute Gasteiger partial charge is 0.544 e. The molecule has 1 N–H and O–H groups in total. The molecule has 0 amide bonds. The first-order valence-electron chi connectivity index (χ1n) is 4.85. The molecule has 0 aliphatic heterocycles. The highest BCUT2D eigenvalue weighted by Gasteiger charge is 2.21. The van der Waals surface area contributed by atoms with Crippen LogP contribution in [0.5, 0.6) is 5.75 Å². The molecule has 0 unspecified atom stereocenters. The van der Waals surface area contributed by atoms with Gasteiger partial charge in [-0.25, -0.2) is 4.79 Å². The first-order valence-corrected chi connectivity index (χ1v) is 8.26. The number of benzene rings is 1. The smallest absolute Gasteiger partial charge is 0.336 e. The third-order valence-corrected chi connectivity index (χ3v) is 2.66. The zero-order valence-electron chi connectivity index (χ0n) is 9.48. The second kappa shape index (κ2) is 4.48. The quantitative estimate of drug-likeness (QED) is 0.646. The summed E-state index contributed by atoms with van der Waals surface area (Å²) in [4.78, 5) is 21.8. The lowest BCUT2D eigenvalue weighted by Crippen LogP contribution is -2.30. The van der Waals surface area contributed by atoms with Crippen LogP contribution in [0.25, 0.3) is 0 Å². The van der Waals surface area contributed by atoms with Crippen LogP contribution in [0.1, 0.15) is 20.7 Å². The van der Waals surface area contributed by atoms with Crippen molar-refractivity contribution >= 4 is 20.6 Å². The summed E-state index contributed by atoms with van der Waals surface area (Å²) in [7, 11) is -1.86. The van der Waals surface area contributed by atoms with Crippen LogP contribution in [0.15, 0.2) is 18.2 Å². The number of hydrogen-bond donors (Lipinski definition) is 1. The third-order valence-electron chi connectivity index (χ3n) is 1.83. The molecule has 0 aliphatic rings. The average molecular weight is 238 g/mol. The molecule has 4 nitrogen and oxygen atoms in total. The maximum Gasteiger partial charge on any atom is 0.336 e. The van der Waals surface area contributed by atoms with Gasteiger partial charge in [-0.15, -0.1) is 0 Å². The Labute approximate surface area is 95.0 Å². The minimum atomic E-state index is -1.86. The molecule has 0 aromatic heterocycles. The number of rotatable bonds is 4. The first kappa shape index (κ1) is 12.4. The van der Waals surface area contributed by atoms with Crippen LogP contribution in [0.2, 0.25) is 19.6 Å². The molecule has 0 spiro atoms. The van der Waals surface area contributed by atoms with E-state index in [9.17, 15) is 9.59 Å². The Morgan fingerprint density at radius 3 is 2.44 bits per heavy atom. The lowest BCUT2D eigenvalue weighted by molar-refractivity contribution is 0.0693. The van der Waals surface area contributed by atoms with E-state index >= 15 is 0 Å². The highest BCUT2D eigenvalue weighted by atomic mass is 28.4. The standard InChI is InChI=1S/C11H14O4Si/c1-16(2,3)15-10-6-4-5-8(11(13)14)9(10)7-12/h4-7H,1-3H3,(H,13,14). The fraction of sp³-hybridized carbons (Fsp3) is 0.273. The van der Waals surface area contributed by atoms with E-state index in [1.54, 1.807) is 12.1 Å². The topological polar surface area (TPSA) is 63.6 Å². The lowest BCUT2D eigenvalue weighted by Gasteiger charge is -2.20. The van der Waals surface area contributed by atoms with Crippen molar-refractivity contribution in [2.75, 3.05) is 0 Å². The van der Waals surface area contributed by atoms with Gasteiger partial charge < -0.3 is 9.53 Å². The number of carboxylic acids is 1. The van der Waals surface area contributed by atoms with Crippen LogP contribution in [-0.2, 0) is 0 Å². The van der Waals surface area contributed by atoms with Crippen LogP contribution in [-0.4, -0.2) is 25.7 Å². The molecule has 0 aliphatic carbocycles. The van der Waals surface area contributed by atoms with Crippen LogP contribution in [0.4, 0.5) is 0 Å². The normalized spacial score (nSPS) is 10.9. The molecule has 86 valence electrons. The molecule has 0 fully saturated rings. The van der Waals surface area contributed by atoms with E-state index in [0.717, 1.165) is 0 Å². The molecular formula is C11H14O4Si. The predicted molar refractivity (Wildman–Crippen MR) is 62.8 cm³/mol. The molecule has 0 saturated heterocycles. The van der Waals surface area contributed by atoms with Gasteiger partial charge in [0.25, 0.3) is 0 Å². The van der Waals surface area contributed by atoms with E-state index in [1.165, 1.54) is 6.07 Å². The average Bonchev–Trinajstić information content (AvgIpc) is 2.14. The van der Waals surface area contributed by atoms with Gasteiger partial charge in [-0.2, -0.15) is 0 Å². The van der Waals surface area contributed by atoms with Crippen molar-refractivity contribution < 1.29 is 19.1 Å². The summed E-state index contributed by atoms with van der Waals surface area (Å²) in [6.45, 7) is 5.90. The van der Waals surface area contributed by atoms with Crippen LogP contribution >= 0.6 is 0 Å². The van der Waals surface area contributed by atoms with E-state index in [1.807, 2.05) is 19.6 Å². The van der Waals surface area contributed by atoms with Gasteiger partial charge in [0, 0.05) is 0 Å². The van der Waals surface area contributed by atoms with Crippen molar-refractivity contribution in [3.05, 3.63) is 29.3 Å². The Balaban J connectivity index is 3.24. The Hall–Kier alpha value is -1.62. The summed E-state index contributed by atoms with van der Waals surface area (Å²) in [6.07, 6.45) is 0.527. The molecular weight excluding hydrogens is 224 g/mol. The van der Waals surface area contributed by atoms with Crippen LogP contribution in [0, 0.1) is 0 Å². The van der Waals surface area contributed by atoms with Crippen molar-refractivity contribution in [3.63, 3.8) is 0 Å². The van der Waals surface area contributed by atoms with Gasteiger partial charge in [-0.1, -0.05) is 6.07 Å². The first-order chi connectivity index (χ1) is 7.35. The van der Waals surface area contributed by atoms with Crippen molar-refractivity contribution in [1.82, 2.24) is 0 Å². The Morgan fingerprint density at radius 1 is 1.38 bits per heavy atom. The highest BCUT2D eigenvalue weighted by Crippen LogP contribution is 2.23. The van der Waals surface area contributed by atoms with Gasteiger partial charge in [-0.05, 0) is 31.8 Å². The van der Waals surface area contributed by atoms with Gasteiger partial charge >= 0.3 is 5.97 Å². The number of aromatic carboxylic acids is 1. The summed E-state index contributed by atoms with van der Waals surface area (Å²) in [5.74, 6) is -0.766. The van der Waals surface area contributed by atoms with Gasteiger partial charge in [0.1, 0.15) is 5.75 Å². The van der Waals surface area contributed by atoms with Gasteiger partial charge in [0.05, 0.1) is 11.1 Å². The van der Waals surface area contributed by atoms with Gasteiger partial charge in [-0.3, -0.25) is 4.79 Å². The molecule has 0 saturated carbocycles. The Kier molecular flexibility index (Phi) is 3.49. The fourth-order valence-corrected chi connectivity index (χ4v) is 2.11. The number of carbonyl (C=O) groups is 2. The van der Waals surface area contributed by atoms with Crippen molar-refractivity contribution in [3.8, 4) is 5.75 Å². The molecule has 0 atom stereocenters. The van der Waals surface area contributed by atoms with Crippen molar-refractivity contribution in [2.45, 2.75) is 19.6 Å². The molecule has 1 aromatic rings. The van der Waals surface area contributed by atoms with E-state index in [2.05, 4.69) is 0 Å². The summed E-state index contributed by atoms with van der Waals surface area (Å²) in [5, 5.41) is 8.92. The Morgan fingerprint density at radius 2 is 2.00 bits per heavy atom. The molecule has 0 heterocycles. The number of hydrogen-bond acceptors (Lipinski definition) is 3. The monoisotopic (exact) mass is 238 g/mol. The SMILES string of the molecule is C[Si](C)(C)Oc1cccc(C(=O)O)c1C=O. The summed E-state index contributed by atoms with van der Waals surface area (Å²) < 4.78 is 5.66. The highest BCUT2D eigenvalue weighted by molar-refractivity contribution is 6.70. The fourth-order valence-electron chi connectivity index (χ4n) is 1.27. The van der Waals surface area contributed by atoms with Gasteiger partial charge in [0.2, 0.25) is 8.32 Å².